The van der Waals surface area contributed by atoms with Gasteiger partial charge in [-0.05, 0) is 46.0 Å². The predicted molar refractivity (Wildman–Crippen MR) is 74.1 cm³/mol. The highest BCUT2D eigenvalue weighted by atomic mass is 16.3. The van der Waals surface area contributed by atoms with Crippen molar-refractivity contribution in [3.63, 3.8) is 0 Å². The van der Waals surface area contributed by atoms with Crippen molar-refractivity contribution in [1.82, 2.24) is 5.32 Å². The van der Waals surface area contributed by atoms with Crippen LogP contribution in [0.25, 0.3) is 0 Å². The van der Waals surface area contributed by atoms with Crippen LogP contribution in [0.2, 0.25) is 0 Å². The summed E-state index contributed by atoms with van der Waals surface area (Å²) in [5.41, 5.74) is -0.477. The third kappa shape index (κ3) is 4.59. The maximum atomic E-state index is 10.7. The van der Waals surface area contributed by atoms with Crippen molar-refractivity contribution >= 4 is 0 Å². The van der Waals surface area contributed by atoms with Gasteiger partial charge in [-0.2, -0.15) is 0 Å². The van der Waals surface area contributed by atoms with E-state index in [1.165, 1.54) is 32.1 Å². The largest absolute Gasteiger partial charge is 0.389 e. The molecule has 102 valence electrons. The number of β-amino-alcohol motifs (C(OH)–C–C–N with tert-alkyl or cyclic N) is 1. The molecule has 0 aromatic carbocycles. The highest BCUT2D eigenvalue weighted by Crippen LogP contribution is 2.38. The summed E-state index contributed by atoms with van der Waals surface area (Å²) >= 11 is 0. The van der Waals surface area contributed by atoms with E-state index >= 15 is 0 Å². The van der Waals surface area contributed by atoms with E-state index in [9.17, 15) is 5.11 Å². The van der Waals surface area contributed by atoms with Gasteiger partial charge in [0.2, 0.25) is 0 Å². The summed E-state index contributed by atoms with van der Waals surface area (Å²) in [6.45, 7) is 11.4. The molecule has 2 nitrogen and oxygen atoms in total. The van der Waals surface area contributed by atoms with E-state index in [-0.39, 0.29) is 5.54 Å². The Kier molecular flexibility index (Phi) is 5.03. The quantitative estimate of drug-likeness (QED) is 0.791. The smallest absolute Gasteiger partial charge is 0.0774 e. The third-order valence-electron chi connectivity index (χ3n) is 4.21. The minimum absolute atomic E-state index is 0.0837. The van der Waals surface area contributed by atoms with E-state index in [2.05, 4.69) is 33.0 Å². The van der Waals surface area contributed by atoms with Crippen LogP contribution in [0.5, 0.6) is 0 Å². The van der Waals surface area contributed by atoms with Gasteiger partial charge in [-0.25, -0.2) is 0 Å². The lowest BCUT2D eigenvalue weighted by molar-refractivity contribution is -0.0453. The Hall–Kier alpha value is -0.0800. The maximum Gasteiger partial charge on any atom is 0.0774 e. The van der Waals surface area contributed by atoms with Crippen LogP contribution in [0.3, 0.4) is 0 Å². The number of aliphatic hydroxyl groups is 1. The molecule has 3 atom stereocenters. The van der Waals surface area contributed by atoms with E-state index in [1.54, 1.807) is 0 Å². The molecule has 1 aliphatic rings. The zero-order valence-corrected chi connectivity index (χ0v) is 12.3. The van der Waals surface area contributed by atoms with Crippen molar-refractivity contribution in [3.05, 3.63) is 0 Å². The summed E-state index contributed by atoms with van der Waals surface area (Å²) < 4.78 is 0. The molecule has 0 saturated heterocycles. The van der Waals surface area contributed by atoms with Gasteiger partial charge < -0.3 is 10.4 Å². The van der Waals surface area contributed by atoms with Gasteiger partial charge in [0.05, 0.1) is 5.60 Å². The van der Waals surface area contributed by atoms with Crippen LogP contribution in [-0.2, 0) is 0 Å². The van der Waals surface area contributed by atoms with Crippen LogP contribution in [0.15, 0.2) is 0 Å². The summed E-state index contributed by atoms with van der Waals surface area (Å²) in [5, 5.41) is 14.2. The summed E-state index contributed by atoms with van der Waals surface area (Å²) in [7, 11) is 0. The maximum absolute atomic E-state index is 10.7. The van der Waals surface area contributed by atoms with Crippen LogP contribution in [-0.4, -0.2) is 22.8 Å². The first-order valence-electron chi connectivity index (χ1n) is 7.23. The molecule has 1 saturated carbocycles. The van der Waals surface area contributed by atoms with Crippen LogP contribution in [0, 0.1) is 11.8 Å². The average Bonchev–Trinajstić information content (AvgIpc) is 2.26. The molecular formula is C15H31NO. The molecule has 1 rings (SSSR count). The molecule has 3 unspecified atom stereocenters. The van der Waals surface area contributed by atoms with Crippen molar-refractivity contribution in [3.8, 4) is 0 Å². The molecule has 2 heteroatoms. The molecule has 0 bridgehead atoms. The molecule has 2 N–H and O–H groups in total. The summed E-state index contributed by atoms with van der Waals surface area (Å²) in [6.07, 6.45) is 6.32. The van der Waals surface area contributed by atoms with Gasteiger partial charge in [0.1, 0.15) is 0 Å². The minimum atomic E-state index is -0.561. The first-order valence-corrected chi connectivity index (χ1v) is 7.23. The normalized spacial score (nSPS) is 30.0. The van der Waals surface area contributed by atoms with E-state index in [0.29, 0.717) is 18.4 Å². The second kappa shape index (κ2) is 5.71. The SMILES string of the molecule is CCC1CCCCC1C(C)(O)CNC(C)(C)C. The van der Waals surface area contributed by atoms with Crippen molar-refractivity contribution in [2.24, 2.45) is 11.8 Å². The Labute approximate surface area is 107 Å². The fraction of sp³-hybridized carbons (Fsp3) is 1.00. The van der Waals surface area contributed by atoms with Crippen LogP contribution in [0.1, 0.15) is 66.7 Å². The molecule has 0 amide bonds. The fourth-order valence-corrected chi connectivity index (χ4v) is 3.09. The van der Waals surface area contributed by atoms with Gasteiger partial charge in [-0.15, -0.1) is 0 Å². The first kappa shape index (κ1) is 15.0. The standard InChI is InChI=1S/C15H31NO/c1-6-12-9-7-8-10-13(12)15(5,17)11-16-14(2,3)4/h12-13,16-17H,6-11H2,1-5H3. The highest BCUT2D eigenvalue weighted by molar-refractivity contribution is 4.91. The van der Waals surface area contributed by atoms with E-state index in [4.69, 9.17) is 0 Å². The Morgan fingerprint density at radius 2 is 1.71 bits per heavy atom. The predicted octanol–water partition coefficient (Wildman–Crippen LogP) is 3.34. The van der Waals surface area contributed by atoms with Gasteiger partial charge in [0, 0.05) is 12.1 Å². The van der Waals surface area contributed by atoms with Gasteiger partial charge in [0.25, 0.3) is 0 Å². The minimum Gasteiger partial charge on any atom is -0.389 e. The molecule has 17 heavy (non-hydrogen) atoms. The van der Waals surface area contributed by atoms with Crippen molar-refractivity contribution in [2.45, 2.75) is 77.9 Å². The number of rotatable bonds is 4. The lowest BCUT2D eigenvalue weighted by Gasteiger charge is -2.42. The summed E-state index contributed by atoms with van der Waals surface area (Å²) in [5.74, 6) is 1.18. The Morgan fingerprint density at radius 1 is 1.12 bits per heavy atom. The molecule has 0 radical (unpaired) electrons. The van der Waals surface area contributed by atoms with Crippen molar-refractivity contribution in [1.29, 1.82) is 0 Å². The lowest BCUT2D eigenvalue weighted by atomic mass is 9.69. The summed E-state index contributed by atoms with van der Waals surface area (Å²) in [6, 6.07) is 0. The number of hydrogen-bond acceptors (Lipinski definition) is 2. The van der Waals surface area contributed by atoms with Crippen LogP contribution >= 0.6 is 0 Å². The van der Waals surface area contributed by atoms with Gasteiger partial charge in [-0.3, -0.25) is 0 Å². The van der Waals surface area contributed by atoms with Gasteiger partial charge >= 0.3 is 0 Å². The second-order valence-electron chi connectivity index (χ2n) is 7.02. The van der Waals surface area contributed by atoms with Gasteiger partial charge in [0.15, 0.2) is 0 Å². The average molecular weight is 241 g/mol. The van der Waals surface area contributed by atoms with Crippen LogP contribution in [0.4, 0.5) is 0 Å². The zero-order valence-electron chi connectivity index (χ0n) is 12.3. The summed E-state index contributed by atoms with van der Waals surface area (Å²) in [4.78, 5) is 0. The third-order valence-corrected chi connectivity index (χ3v) is 4.21. The Balaban J connectivity index is 2.60. The molecule has 1 aliphatic carbocycles. The van der Waals surface area contributed by atoms with Crippen molar-refractivity contribution in [2.75, 3.05) is 6.54 Å². The molecule has 0 aromatic rings. The lowest BCUT2D eigenvalue weighted by Crippen LogP contribution is -2.52. The topological polar surface area (TPSA) is 32.3 Å². The van der Waals surface area contributed by atoms with E-state index in [1.807, 2.05) is 6.92 Å². The zero-order chi connectivity index (χ0) is 13.1. The van der Waals surface area contributed by atoms with Gasteiger partial charge in [-0.1, -0.05) is 32.6 Å². The number of hydrogen-bond donors (Lipinski definition) is 2. The Bertz CT molecular complexity index is 230. The molecule has 0 aliphatic heterocycles. The Morgan fingerprint density at radius 3 is 2.24 bits per heavy atom. The van der Waals surface area contributed by atoms with E-state index in [0.717, 1.165) is 0 Å². The van der Waals surface area contributed by atoms with Crippen LogP contribution < -0.4 is 5.32 Å². The molecule has 0 heterocycles. The highest BCUT2D eigenvalue weighted by Gasteiger charge is 2.38. The van der Waals surface area contributed by atoms with Crippen molar-refractivity contribution < 1.29 is 5.11 Å². The monoisotopic (exact) mass is 241 g/mol. The first-order chi connectivity index (χ1) is 7.76. The molecule has 0 spiro atoms. The molecular weight excluding hydrogens is 210 g/mol. The van der Waals surface area contributed by atoms with E-state index < -0.39 is 5.60 Å². The second-order valence-corrected chi connectivity index (χ2v) is 7.02. The number of nitrogens with one attached hydrogen (secondary N) is 1. The molecule has 0 aromatic heterocycles. The fourth-order valence-electron chi connectivity index (χ4n) is 3.09. The molecule has 1 fully saturated rings.